The Hall–Kier alpha value is -3.02. The van der Waals surface area contributed by atoms with E-state index in [1.165, 1.54) is 11.1 Å². The van der Waals surface area contributed by atoms with E-state index in [0.717, 1.165) is 19.3 Å². The molecule has 2 aromatic rings. The van der Waals surface area contributed by atoms with Crippen molar-refractivity contribution in [1.29, 1.82) is 0 Å². The van der Waals surface area contributed by atoms with Gasteiger partial charge in [0.25, 0.3) is 5.91 Å². The highest BCUT2D eigenvalue weighted by Gasteiger charge is 2.21. The Kier molecular flexibility index (Phi) is 7.11. The first kappa shape index (κ1) is 20.7. The van der Waals surface area contributed by atoms with E-state index in [4.69, 9.17) is 9.47 Å². The first-order valence-corrected chi connectivity index (χ1v) is 10.2. The zero-order valence-corrected chi connectivity index (χ0v) is 17.0. The first-order chi connectivity index (χ1) is 14.1. The maximum atomic E-state index is 12.5. The molecule has 0 fully saturated rings. The van der Waals surface area contributed by atoms with Gasteiger partial charge in [-0.05, 0) is 62.4 Å². The van der Waals surface area contributed by atoms with Gasteiger partial charge in [0.15, 0.2) is 11.5 Å². The second-order valence-corrected chi connectivity index (χ2v) is 6.92. The maximum absolute atomic E-state index is 12.5. The molecule has 2 aromatic carbocycles. The van der Waals surface area contributed by atoms with Gasteiger partial charge in [-0.25, -0.2) is 0 Å². The molecule has 1 aliphatic carbocycles. The lowest BCUT2D eigenvalue weighted by Gasteiger charge is -2.26. The van der Waals surface area contributed by atoms with Crippen LogP contribution in [0.25, 0.3) is 0 Å². The Morgan fingerprint density at radius 1 is 1.03 bits per heavy atom. The zero-order chi connectivity index (χ0) is 20.6. The zero-order valence-electron chi connectivity index (χ0n) is 17.0. The summed E-state index contributed by atoms with van der Waals surface area (Å²) in [5, 5.41) is 5.73. The van der Waals surface area contributed by atoms with Crippen molar-refractivity contribution >= 4 is 11.8 Å². The molecule has 0 saturated heterocycles. The van der Waals surface area contributed by atoms with E-state index in [0.29, 0.717) is 30.3 Å². The van der Waals surface area contributed by atoms with Crippen LogP contribution in [0.3, 0.4) is 0 Å². The Morgan fingerprint density at radius 3 is 2.59 bits per heavy atom. The number of fused-ring (bicyclic) bond motifs is 1. The van der Waals surface area contributed by atoms with Crippen molar-refractivity contribution < 1.29 is 19.1 Å². The molecule has 154 valence electrons. The number of ether oxygens (including phenoxy) is 2. The van der Waals surface area contributed by atoms with Crippen molar-refractivity contribution in [2.45, 2.75) is 39.2 Å². The van der Waals surface area contributed by atoms with Crippen molar-refractivity contribution in [2.24, 2.45) is 0 Å². The van der Waals surface area contributed by atoms with Crippen molar-refractivity contribution in [3.63, 3.8) is 0 Å². The number of aryl methyl sites for hydroxylation is 1. The predicted octanol–water partition coefficient (Wildman–Crippen LogP) is 3.41. The second kappa shape index (κ2) is 9.96. The van der Waals surface area contributed by atoms with Gasteiger partial charge < -0.3 is 20.1 Å². The van der Waals surface area contributed by atoms with E-state index in [2.05, 4.69) is 22.8 Å². The van der Waals surface area contributed by atoms with Crippen LogP contribution in [0.1, 0.15) is 54.2 Å². The Morgan fingerprint density at radius 2 is 1.79 bits per heavy atom. The van der Waals surface area contributed by atoms with E-state index >= 15 is 0 Å². The largest absolute Gasteiger partial charge is 0.490 e. The summed E-state index contributed by atoms with van der Waals surface area (Å²) >= 11 is 0. The number of nitrogens with one attached hydrogen (secondary N) is 2. The Balaban J connectivity index is 1.58. The quantitative estimate of drug-likeness (QED) is 0.717. The van der Waals surface area contributed by atoms with Crippen LogP contribution in [-0.4, -0.2) is 31.6 Å². The van der Waals surface area contributed by atoms with Crippen molar-refractivity contribution in [2.75, 3.05) is 19.8 Å². The fraction of sp³-hybridized carbons (Fsp3) is 0.391. The van der Waals surface area contributed by atoms with E-state index in [1.54, 1.807) is 18.2 Å². The highest BCUT2D eigenvalue weighted by atomic mass is 16.5. The number of hydrogen-bond acceptors (Lipinski definition) is 4. The molecule has 6 heteroatoms. The third kappa shape index (κ3) is 5.28. The molecule has 0 saturated carbocycles. The third-order valence-electron chi connectivity index (χ3n) is 4.92. The first-order valence-electron chi connectivity index (χ1n) is 10.2. The van der Waals surface area contributed by atoms with Crippen LogP contribution in [0.2, 0.25) is 0 Å². The molecule has 2 amide bonds. The van der Waals surface area contributed by atoms with Crippen LogP contribution in [0.5, 0.6) is 11.5 Å². The van der Waals surface area contributed by atoms with E-state index in [1.807, 2.05) is 26.0 Å². The fourth-order valence-corrected chi connectivity index (χ4v) is 3.60. The lowest BCUT2D eigenvalue weighted by Crippen LogP contribution is -2.39. The minimum atomic E-state index is -0.326. The number of benzene rings is 2. The molecule has 2 N–H and O–H groups in total. The van der Waals surface area contributed by atoms with Gasteiger partial charge >= 0.3 is 0 Å². The Labute approximate surface area is 171 Å². The molecule has 1 aliphatic rings. The molecule has 0 bridgehead atoms. The highest BCUT2D eigenvalue weighted by Crippen LogP contribution is 2.30. The average molecular weight is 396 g/mol. The van der Waals surface area contributed by atoms with Gasteiger partial charge in [-0.2, -0.15) is 0 Å². The molecular weight excluding hydrogens is 368 g/mol. The van der Waals surface area contributed by atoms with Gasteiger partial charge in [0.05, 0.1) is 25.8 Å². The molecule has 3 rings (SSSR count). The van der Waals surface area contributed by atoms with Crippen molar-refractivity contribution in [3.05, 3.63) is 59.2 Å². The molecule has 6 nitrogen and oxygen atoms in total. The Bertz CT molecular complexity index is 866. The van der Waals surface area contributed by atoms with Gasteiger partial charge in [0.1, 0.15) is 0 Å². The van der Waals surface area contributed by atoms with Gasteiger partial charge in [0.2, 0.25) is 5.91 Å². The second-order valence-electron chi connectivity index (χ2n) is 6.92. The van der Waals surface area contributed by atoms with Crippen LogP contribution in [0.4, 0.5) is 0 Å². The van der Waals surface area contributed by atoms with Crippen molar-refractivity contribution in [3.8, 4) is 11.5 Å². The molecule has 1 unspecified atom stereocenters. The molecule has 0 aromatic heterocycles. The molecule has 0 spiro atoms. The third-order valence-corrected chi connectivity index (χ3v) is 4.92. The number of carbonyl (C=O) groups is 2. The van der Waals surface area contributed by atoms with Crippen LogP contribution < -0.4 is 20.1 Å². The maximum Gasteiger partial charge on any atom is 0.251 e. The van der Waals surface area contributed by atoms with Gasteiger partial charge in [-0.3, -0.25) is 9.59 Å². The van der Waals surface area contributed by atoms with E-state index in [9.17, 15) is 9.59 Å². The van der Waals surface area contributed by atoms with Gasteiger partial charge in [-0.15, -0.1) is 0 Å². The molecule has 1 atom stereocenters. The minimum Gasteiger partial charge on any atom is -0.490 e. The van der Waals surface area contributed by atoms with Crippen LogP contribution in [-0.2, 0) is 11.2 Å². The summed E-state index contributed by atoms with van der Waals surface area (Å²) < 4.78 is 11.1. The normalized spacial score (nSPS) is 15.2. The number of amides is 2. The standard InChI is InChI=1S/C23H28N2O4/c1-3-28-20-13-12-17(14-21(20)29-4-2)23(27)24-15-22(26)25-19-11-7-9-16-8-5-6-10-18(16)19/h5-6,8,10,12-14,19H,3-4,7,9,11,15H2,1-2H3,(H,24,27)(H,25,26). The number of carbonyl (C=O) groups excluding carboxylic acids is 2. The fourth-order valence-electron chi connectivity index (χ4n) is 3.60. The van der Waals surface area contributed by atoms with Crippen LogP contribution in [0, 0.1) is 0 Å². The summed E-state index contributed by atoms with van der Waals surface area (Å²) in [6, 6.07) is 13.2. The van der Waals surface area contributed by atoms with Gasteiger partial charge in [0, 0.05) is 5.56 Å². The molecule has 29 heavy (non-hydrogen) atoms. The highest BCUT2D eigenvalue weighted by molar-refractivity contribution is 5.97. The summed E-state index contributed by atoms with van der Waals surface area (Å²) in [4.78, 5) is 24.9. The van der Waals surface area contributed by atoms with Crippen LogP contribution >= 0.6 is 0 Å². The average Bonchev–Trinajstić information content (AvgIpc) is 2.74. The van der Waals surface area contributed by atoms with Crippen molar-refractivity contribution in [1.82, 2.24) is 10.6 Å². The predicted molar refractivity (Wildman–Crippen MR) is 111 cm³/mol. The molecular formula is C23H28N2O4. The van der Waals surface area contributed by atoms with E-state index in [-0.39, 0.29) is 24.4 Å². The summed E-state index contributed by atoms with van der Waals surface area (Å²) in [6.45, 7) is 4.66. The molecule has 0 heterocycles. The summed E-state index contributed by atoms with van der Waals surface area (Å²) in [5.41, 5.74) is 2.88. The summed E-state index contributed by atoms with van der Waals surface area (Å²) in [5.74, 6) is 0.592. The molecule has 0 radical (unpaired) electrons. The molecule has 0 aliphatic heterocycles. The monoisotopic (exact) mass is 396 g/mol. The number of rotatable bonds is 8. The smallest absolute Gasteiger partial charge is 0.251 e. The minimum absolute atomic E-state index is 0.000569. The lowest BCUT2D eigenvalue weighted by atomic mass is 9.88. The lowest BCUT2D eigenvalue weighted by molar-refractivity contribution is -0.121. The van der Waals surface area contributed by atoms with Gasteiger partial charge in [-0.1, -0.05) is 24.3 Å². The number of hydrogen-bond donors (Lipinski definition) is 2. The topological polar surface area (TPSA) is 76.7 Å². The summed E-state index contributed by atoms with van der Waals surface area (Å²) in [6.07, 6.45) is 2.99. The summed E-state index contributed by atoms with van der Waals surface area (Å²) in [7, 11) is 0. The SMILES string of the molecule is CCOc1ccc(C(=O)NCC(=O)NC2CCCc3ccccc32)cc1OCC. The van der Waals surface area contributed by atoms with Crippen LogP contribution in [0.15, 0.2) is 42.5 Å². The van der Waals surface area contributed by atoms with E-state index < -0.39 is 0 Å².